The molecule has 0 saturated heterocycles. The van der Waals surface area contributed by atoms with Crippen LogP contribution < -0.4 is 0 Å². The molecule has 0 aliphatic carbocycles. The Morgan fingerprint density at radius 1 is 0.960 bits per heavy atom. The molecular formula is C18H11N5O2. The van der Waals surface area contributed by atoms with Gasteiger partial charge in [0.15, 0.2) is 0 Å². The first-order chi connectivity index (χ1) is 12.3. The Kier molecular flexibility index (Phi) is 2.87. The van der Waals surface area contributed by atoms with Gasteiger partial charge in [0.25, 0.3) is 11.6 Å². The van der Waals surface area contributed by atoms with Gasteiger partial charge in [-0.25, -0.2) is 9.97 Å². The fourth-order valence-electron chi connectivity index (χ4n) is 2.69. The van der Waals surface area contributed by atoms with Gasteiger partial charge in [-0.1, -0.05) is 29.4 Å². The molecule has 0 N–H and O–H groups in total. The van der Waals surface area contributed by atoms with Crippen LogP contribution in [0, 0.1) is 6.92 Å². The average Bonchev–Trinajstić information content (AvgIpc) is 3.29. The monoisotopic (exact) mass is 329 g/mol. The van der Waals surface area contributed by atoms with E-state index in [1.54, 1.807) is 6.20 Å². The summed E-state index contributed by atoms with van der Waals surface area (Å²) >= 11 is 0. The number of nitrogens with zero attached hydrogens (tertiary/aromatic N) is 5. The van der Waals surface area contributed by atoms with Crippen molar-refractivity contribution in [3.05, 3.63) is 54.4 Å². The highest BCUT2D eigenvalue weighted by Gasteiger charge is 2.14. The van der Waals surface area contributed by atoms with E-state index in [0.29, 0.717) is 28.8 Å². The minimum Gasteiger partial charge on any atom is -0.415 e. The van der Waals surface area contributed by atoms with Crippen LogP contribution in [0.5, 0.6) is 0 Å². The van der Waals surface area contributed by atoms with Gasteiger partial charge in [-0.05, 0) is 25.1 Å². The van der Waals surface area contributed by atoms with Crippen molar-refractivity contribution in [3.8, 4) is 23.0 Å². The number of aryl methyl sites for hydroxylation is 1. The molecule has 0 amide bonds. The number of hydrogen-bond acceptors (Lipinski definition) is 7. The van der Waals surface area contributed by atoms with E-state index in [4.69, 9.17) is 8.94 Å². The van der Waals surface area contributed by atoms with Crippen LogP contribution in [0.15, 0.2) is 57.6 Å². The Morgan fingerprint density at radius 2 is 1.84 bits per heavy atom. The smallest absolute Gasteiger partial charge is 0.266 e. The van der Waals surface area contributed by atoms with Gasteiger partial charge in [0, 0.05) is 11.6 Å². The predicted octanol–water partition coefficient (Wildman–Crippen LogP) is 3.80. The van der Waals surface area contributed by atoms with Crippen LogP contribution in [-0.4, -0.2) is 25.3 Å². The van der Waals surface area contributed by atoms with Crippen molar-refractivity contribution >= 4 is 22.0 Å². The lowest BCUT2D eigenvalue weighted by Crippen LogP contribution is -1.84. The summed E-state index contributed by atoms with van der Waals surface area (Å²) in [4.78, 5) is 8.80. The zero-order chi connectivity index (χ0) is 16.8. The van der Waals surface area contributed by atoms with E-state index in [-0.39, 0.29) is 0 Å². The second-order valence-electron chi connectivity index (χ2n) is 5.65. The van der Waals surface area contributed by atoms with Gasteiger partial charge in [-0.3, -0.25) is 0 Å². The minimum atomic E-state index is 0.364. The van der Waals surface area contributed by atoms with Crippen LogP contribution in [0.25, 0.3) is 45.0 Å². The Bertz CT molecular complexity index is 1220. The summed E-state index contributed by atoms with van der Waals surface area (Å²) in [5, 5.41) is 14.0. The van der Waals surface area contributed by atoms with Gasteiger partial charge in [0.2, 0.25) is 5.89 Å². The molecule has 25 heavy (non-hydrogen) atoms. The number of hydrogen-bond donors (Lipinski definition) is 0. The first-order valence-electron chi connectivity index (χ1n) is 7.70. The van der Waals surface area contributed by atoms with E-state index in [1.807, 2.05) is 49.4 Å². The number of benzene rings is 1. The molecule has 0 unspecified atom stereocenters. The molecule has 0 aliphatic rings. The molecule has 5 aromatic rings. The molecule has 0 radical (unpaired) electrons. The average molecular weight is 329 g/mol. The van der Waals surface area contributed by atoms with Gasteiger partial charge in [0.1, 0.15) is 5.69 Å². The van der Waals surface area contributed by atoms with Crippen molar-refractivity contribution in [2.75, 3.05) is 0 Å². The molecule has 7 heteroatoms. The molecule has 0 fully saturated rings. The fourth-order valence-corrected chi connectivity index (χ4v) is 2.69. The van der Waals surface area contributed by atoms with Crippen molar-refractivity contribution < 1.29 is 8.94 Å². The SMILES string of the molecule is Cc1noc2ncc(-c3nnc(-c4ccc5ccccc5n4)o3)cc12. The summed E-state index contributed by atoms with van der Waals surface area (Å²) in [6.45, 7) is 1.86. The van der Waals surface area contributed by atoms with Crippen molar-refractivity contribution in [1.82, 2.24) is 25.3 Å². The Balaban J connectivity index is 1.58. The molecule has 120 valence electrons. The molecule has 5 rings (SSSR count). The molecule has 1 aromatic carbocycles. The second kappa shape index (κ2) is 5.20. The van der Waals surface area contributed by atoms with Crippen LogP contribution >= 0.6 is 0 Å². The third-order valence-electron chi connectivity index (χ3n) is 4.00. The fraction of sp³-hybridized carbons (Fsp3) is 0.0556. The highest BCUT2D eigenvalue weighted by atomic mass is 16.5. The molecular weight excluding hydrogens is 318 g/mol. The first-order valence-corrected chi connectivity index (χ1v) is 7.70. The number of aromatic nitrogens is 5. The number of para-hydroxylation sites is 1. The molecule has 0 bridgehead atoms. The van der Waals surface area contributed by atoms with Crippen LogP contribution in [0.3, 0.4) is 0 Å². The van der Waals surface area contributed by atoms with Crippen LogP contribution in [0.4, 0.5) is 0 Å². The Morgan fingerprint density at radius 3 is 2.80 bits per heavy atom. The Labute approximate surface area is 141 Å². The van der Waals surface area contributed by atoms with Crippen molar-refractivity contribution in [2.24, 2.45) is 0 Å². The van der Waals surface area contributed by atoms with Crippen LogP contribution in [0.2, 0.25) is 0 Å². The molecule has 7 nitrogen and oxygen atoms in total. The van der Waals surface area contributed by atoms with Crippen molar-refractivity contribution in [3.63, 3.8) is 0 Å². The van der Waals surface area contributed by atoms with Gasteiger partial charge < -0.3 is 8.94 Å². The summed E-state index contributed by atoms with van der Waals surface area (Å²) in [6, 6.07) is 13.6. The van der Waals surface area contributed by atoms with Gasteiger partial charge in [-0.15, -0.1) is 10.2 Å². The summed E-state index contributed by atoms with van der Waals surface area (Å²) in [5.74, 6) is 0.739. The molecule has 4 heterocycles. The van der Waals surface area contributed by atoms with E-state index < -0.39 is 0 Å². The lowest BCUT2D eigenvalue weighted by Gasteiger charge is -1.98. The van der Waals surface area contributed by atoms with E-state index in [0.717, 1.165) is 22.0 Å². The molecule has 0 spiro atoms. The lowest BCUT2D eigenvalue weighted by molar-refractivity contribution is 0.443. The topological polar surface area (TPSA) is 90.7 Å². The summed E-state index contributed by atoms with van der Waals surface area (Å²) < 4.78 is 10.9. The van der Waals surface area contributed by atoms with Crippen molar-refractivity contribution in [2.45, 2.75) is 6.92 Å². The van der Waals surface area contributed by atoms with Gasteiger partial charge in [-0.2, -0.15) is 0 Å². The van der Waals surface area contributed by atoms with Crippen LogP contribution in [-0.2, 0) is 0 Å². The summed E-state index contributed by atoms with van der Waals surface area (Å²) in [7, 11) is 0. The maximum atomic E-state index is 5.79. The van der Waals surface area contributed by atoms with E-state index in [2.05, 4.69) is 25.3 Å². The van der Waals surface area contributed by atoms with Gasteiger partial charge in [0.05, 0.1) is 22.2 Å². The van der Waals surface area contributed by atoms with Gasteiger partial charge >= 0.3 is 0 Å². The standard InChI is InChI=1S/C18H11N5O2/c1-10-13-8-12(9-19-17(13)25-23-10)16-21-22-18(24-16)15-7-6-11-4-2-3-5-14(11)20-15/h2-9H,1H3. The number of fused-ring (bicyclic) bond motifs is 2. The summed E-state index contributed by atoms with van der Waals surface area (Å²) in [6.07, 6.45) is 1.62. The minimum absolute atomic E-state index is 0.364. The predicted molar refractivity (Wildman–Crippen MR) is 90.6 cm³/mol. The van der Waals surface area contributed by atoms with E-state index in [1.165, 1.54) is 0 Å². The summed E-state index contributed by atoms with van der Waals surface area (Å²) in [5.41, 5.74) is 3.46. The third-order valence-corrected chi connectivity index (χ3v) is 4.00. The zero-order valence-corrected chi connectivity index (χ0v) is 13.2. The molecule has 0 atom stereocenters. The quantitative estimate of drug-likeness (QED) is 0.486. The highest BCUT2D eigenvalue weighted by Crippen LogP contribution is 2.26. The lowest BCUT2D eigenvalue weighted by atomic mass is 10.2. The molecule has 4 aromatic heterocycles. The number of pyridine rings is 2. The number of rotatable bonds is 2. The first kappa shape index (κ1) is 13.8. The Hall–Kier alpha value is -3.61. The van der Waals surface area contributed by atoms with E-state index in [9.17, 15) is 0 Å². The normalized spacial score (nSPS) is 11.4. The highest BCUT2D eigenvalue weighted by molar-refractivity contribution is 5.81. The molecule has 0 saturated carbocycles. The third kappa shape index (κ3) is 2.25. The largest absolute Gasteiger partial charge is 0.415 e. The maximum absolute atomic E-state index is 5.79. The zero-order valence-electron chi connectivity index (χ0n) is 13.2. The van der Waals surface area contributed by atoms with Crippen molar-refractivity contribution in [1.29, 1.82) is 0 Å². The van der Waals surface area contributed by atoms with Crippen LogP contribution in [0.1, 0.15) is 5.69 Å². The molecule has 0 aliphatic heterocycles. The second-order valence-corrected chi connectivity index (χ2v) is 5.65. The maximum Gasteiger partial charge on any atom is 0.266 e. The van der Waals surface area contributed by atoms with E-state index >= 15 is 0 Å².